The predicted molar refractivity (Wildman–Crippen MR) is 85.5 cm³/mol. The summed E-state index contributed by atoms with van der Waals surface area (Å²) in [7, 11) is 0. The number of nitrogens with one attached hydrogen (secondary N) is 1. The highest BCUT2D eigenvalue weighted by molar-refractivity contribution is 5.90. The molecule has 0 unspecified atom stereocenters. The lowest BCUT2D eigenvalue weighted by Crippen LogP contribution is -2.20. The molecule has 2 aromatic rings. The van der Waals surface area contributed by atoms with Crippen molar-refractivity contribution in [3.63, 3.8) is 0 Å². The van der Waals surface area contributed by atoms with Gasteiger partial charge in [0.25, 0.3) is 0 Å². The third kappa shape index (κ3) is 3.94. The van der Waals surface area contributed by atoms with Gasteiger partial charge in [-0.15, -0.1) is 0 Å². The Morgan fingerprint density at radius 1 is 1.14 bits per heavy atom. The number of aromatic nitrogens is 2. The predicted octanol–water partition coefficient (Wildman–Crippen LogP) is 3.77. The number of carbonyl (C=O) groups excluding carboxylic acids is 1. The van der Waals surface area contributed by atoms with Crippen molar-refractivity contribution in [2.45, 2.75) is 46.1 Å². The molecule has 0 saturated carbocycles. The summed E-state index contributed by atoms with van der Waals surface area (Å²) in [6.45, 7) is 8.74. The number of hydrogen-bond donors (Lipinski definition) is 1. The lowest BCUT2D eigenvalue weighted by atomic mass is 10.0. The maximum absolute atomic E-state index is 12.1. The van der Waals surface area contributed by atoms with Gasteiger partial charge in [0.15, 0.2) is 0 Å². The molecule has 0 spiro atoms. The number of imidazole rings is 1. The van der Waals surface area contributed by atoms with E-state index in [9.17, 15) is 4.79 Å². The zero-order valence-electron chi connectivity index (χ0n) is 13.1. The second-order valence-corrected chi connectivity index (χ2v) is 5.89. The topological polar surface area (TPSA) is 46.9 Å². The molecule has 1 aromatic carbocycles. The summed E-state index contributed by atoms with van der Waals surface area (Å²) in [5.74, 6) is 1.69. The highest BCUT2D eigenvalue weighted by atomic mass is 16.1. The smallest absolute Gasteiger partial charge is 0.244 e. The van der Waals surface area contributed by atoms with E-state index in [4.69, 9.17) is 0 Å². The Hall–Kier alpha value is -2.10. The lowest BCUT2D eigenvalue weighted by molar-refractivity contribution is -0.116. The van der Waals surface area contributed by atoms with Crippen molar-refractivity contribution in [2.24, 2.45) is 0 Å². The van der Waals surface area contributed by atoms with Crippen LogP contribution in [-0.2, 0) is 11.3 Å². The molecule has 0 atom stereocenters. The molecule has 1 heterocycles. The summed E-state index contributed by atoms with van der Waals surface area (Å²) in [6, 6.07) is 8.00. The molecular formula is C17H23N3O. The van der Waals surface area contributed by atoms with Crippen molar-refractivity contribution < 1.29 is 4.79 Å². The summed E-state index contributed by atoms with van der Waals surface area (Å²) in [5.41, 5.74) is 2.10. The second-order valence-electron chi connectivity index (χ2n) is 5.89. The highest BCUT2D eigenvalue weighted by Crippen LogP contribution is 2.17. The number of carbonyl (C=O) groups is 1. The number of benzene rings is 1. The van der Waals surface area contributed by atoms with Crippen molar-refractivity contribution in [3.8, 4) is 0 Å². The van der Waals surface area contributed by atoms with Crippen LogP contribution in [0.4, 0.5) is 5.69 Å². The largest absolute Gasteiger partial charge is 0.325 e. The molecule has 0 fully saturated rings. The molecule has 4 heteroatoms. The first kappa shape index (κ1) is 15.3. The van der Waals surface area contributed by atoms with Crippen LogP contribution in [0.2, 0.25) is 0 Å². The van der Waals surface area contributed by atoms with Gasteiger partial charge >= 0.3 is 0 Å². The Morgan fingerprint density at radius 3 is 2.38 bits per heavy atom. The monoisotopic (exact) mass is 285 g/mol. The molecule has 1 N–H and O–H groups in total. The average molecular weight is 285 g/mol. The first-order valence-corrected chi connectivity index (χ1v) is 7.38. The molecule has 4 nitrogen and oxygen atoms in total. The molecule has 0 aliphatic rings. The minimum atomic E-state index is -0.0350. The Morgan fingerprint density at radius 2 is 1.81 bits per heavy atom. The third-order valence-electron chi connectivity index (χ3n) is 3.44. The minimum Gasteiger partial charge on any atom is -0.325 e. The van der Waals surface area contributed by atoms with Gasteiger partial charge in [-0.25, -0.2) is 4.98 Å². The van der Waals surface area contributed by atoms with Crippen LogP contribution in [0.15, 0.2) is 36.7 Å². The Balaban J connectivity index is 2.00. The van der Waals surface area contributed by atoms with Crippen molar-refractivity contribution in [1.29, 1.82) is 0 Å². The van der Waals surface area contributed by atoms with Gasteiger partial charge in [0, 0.05) is 24.0 Å². The van der Waals surface area contributed by atoms with Crippen molar-refractivity contribution in [3.05, 3.63) is 48.0 Å². The van der Waals surface area contributed by atoms with E-state index in [0.29, 0.717) is 18.4 Å². The fourth-order valence-electron chi connectivity index (χ4n) is 2.26. The van der Waals surface area contributed by atoms with Crippen LogP contribution >= 0.6 is 0 Å². The number of hydrogen-bond acceptors (Lipinski definition) is 2. The van der Waals surface area contributed by atoms with E-state index >= 15 is 0 Å². The fourth-order valence-corrected chi connectivity index (χ4v) is 2.26. The number of rotatable bonds is 5. The summed E-state index contributed by atoms with van der Waals surface area (Å²) >= 11 is 0. The SMILES string of the molecule is CC(C)c1ccc(NC(=O)Cn2ccnc2C(C)C)cc1. The molecule has 21 heavy (non-hydrogen) atoms. The fraction of sp³-hybridized carbons (Fsp3) is 0.412. The van der Waals surface area contributed by atoms with Crippen LogP contribution in [0.3, 0.4) is 0 Å². The van der Waals surface area contributed by atoms with Crippen LogP contribution in [0.25, 0.3) is 0 Å². The summed E-state index contributed by atoms with van der Waals surface area (Å²) in [5, 5.41) is 2.92. The molecule has 0 bridgehead atoms. The van der Waals surface area contributed by atoms with Crippen LogP contribution in [0, 0.1) is 0 Å². The van der Waals surface area contributed by atoms with Gasteiger partial charge in [0.05, 0.1) is 0 Å². The average Bonchev–Trinajstić information content (AvgIpc) is 2.87. The zero-order valence-corrected chi connectivity index (χ0v) is 13.1. The van der Waals surface area contributed by atoms with Gasteiger partial charge in [-0.2, -0.15) is 0 Å². The molecule has 0 saturated heterocycles. The van der Waals surface area contributed by atoms with Gasteiger partial charge in [-0.1, -0.05) is 39.8 Å². The van der Waals surface area contributed by atoms with Crippen molar-refractivity contribution in [1.82, 2.24) is 9.55 Å². The van der Waals surface area contributed by atoms with E-state index in [0.717, 1.165) is 11.5 Å². The van der Waals surface area contributed by atoms with E-state index in [1.54, 1.807) is 6.20 Å². The van der Waals surface area contributed by atoms with Gasteiger partial charge in [-0.05, 0) is 23.6 Å². The van der Waals surface area contributed by atoms with Gasteiger partial charge in [0.1, 0.15) is 12.4 Å². The lowest BCUT2D eigenvalue weighted by Gasteiger charge is -2.11. The summed E-state index contributed by atoms with van der Waals surface area (Å²) in [6.07, 6.45) is 3.58. The van der Waals surface area contributed by atoms with E-state index in [-0.39, 0.29) is 5.91 Å². The van der Waals surface area contributed by atoms with Crippen molar-refractivity contribution in [2.75, 3.05) is 5.32 Å². The maximum Gasteiger partial charge on any atom is 0.244 e. The third-order valence-corrected chi connectivity index (χ3v) is 3.44. The molecule has 0 aliphatic heterocycles. The molecule has 1 aromatic heterocycles. The molecule has 1 amide bonds. The van der Waals surface area contributed by atoms with Crippen LogP contribution in [0.1, 0.15) is 50.9 Å². The molecule has 0 radical (unpaired) electrons. The summed E-state index contributed by atoms with van der Waals surface area (Å²) < 4.78 is 1.89. The first-order valence-electron chi connectivity index (χ1n) is 7.38. The highest BCUT2D eigenvalue weighted by Gasteiger charge is 2.10. The second kappa shape index (κ2) is 6.57. The zero-order chi connectivity index (χ0) is 15.4. The number of nitrogens with zero attached hydrogens (tertiary/aromatic N) is 2. The van der Waals surface area contributed by atoms with Gasteiger partial charge in [0.2, 0.25) is 5.91 Å². The van der Waals surface area contributed by atoms with Crippen LogP contribution in [-0.4, -0.2) is 15.5 Å². The Kier molecular flexibility index (Phi) is 4.78. The minimum absolute atomic E-state index is 0.0350. The normalized spacial score (nSPS) is 11.1. The first-order chi connectivity index (χ1) is 9.97. The van der Waals surface area contributed by atoms with Gasteiger partial charge < -0.3 is 9.88 Å². The van der Waals surface area contributed by atoms with Crippen molar-refractivity contribution >= 4 is 11.6 Å². The molecule has 0 aliphatic carbocycles. The Labute approximate surface area is 126 Å². The molecule has 112 valence electrons. The number of amides is 1. The summed E-state index contributed by atoms with van der Waals surface area (Å²) in [4.78, 5) is 16.4. The standard InChI is InChI=1S/C17H23N3O/c1-12(2)14-5-7-15(8-6-14)19-16(21)11-20-10-9-18-17(20)13(3)4/h5-10,12-13H,11H2,1-4H3,(H,19,21). The van der Waals surface area contributed by atoms with Gasteiger partial charge in [-0.3, -0.25) is 4.79 Å². The van der Waals surface area contributed by atoms with Crippen LogP contribution in [0.5, 0.6) is 0 Å². The van der Waals surface area contributed by atoms with Crippen LogP contribution < -0.4 is 5.32 Å². The van der Waals surface area contributed by atoms with E-state index < -0.39 is 0 Å². The number of anilines is 1. The van der Waals surface area contributed by atoms with E-state index in [1.807, 2.05) is 22.9 Å². The Bertz CT molecular complexity index is 597. The molecular weight excluding hydrogens is 262 g/mol. The molecule has 2 rings (SSSR count). The van der Waals surface area contributed by atoms with E-state index in [2.05, 4.69) is 50.1 Å². The maximum atomic E-state index is 12.1. The quantitative estimate of drug-likeness (QED) is 0.909. The van der Waals surface area contributed by atoms with E-state index in [1.165, 1.54) is 5.56 Å².